The standard InChI is InChI=1S/C16H19F3N2O/c17-16(18,19)12-2-4-13(5-3-12)21-11-1-6-15(14(21)22)7-9-20-10-8-15/h2-5,20H,1,6-11H2. The summed E-state index contributed by atoms with van der Waals surface area (Å²) in [6, 6.07) is 4.90. The minimum atomic E-state index is -4.35. The van der Waals surface area contributed by atoms with Crippen molar-refractivity contribution in [3.63, 3.8) is 0 Å². The number of amides is 1. The van der Waals surface area contributed by atoms with E-state index >= 15 is 0 Å². The molecule has 0 unspecified atom stereocenters. The smallest absolute Gasteiger partial charge is 0.317 e. The molecule has 2 aliphatic heterocycles. The van der Waals surface area contributed by atoms with E-state index in [1.807, 2.05) is 0 Å². The maximum atomic E-state index is 12.9. The maximum absolute atomic E-state index is 12.9. The Kier molecular flexibility index (Phi) is 3.89. The zero-order valence-corrected chi connectivity index (χ0v) is 12.2. The number of carbonyl (C=O) groups excluding carboxylic acids is 1. The summed E-state index contributed by atoms with van der Waals surface area (Å²) in [5.74, 6) is 0.0695. The Morgan fingerprint density at radius 1 is 1.05 bits per heavy atom. The van der Waals surface area contributed by atoms with Crippen molar-refractivity contribution in [1.82, 2.24) is 5.32 Å². The lowest BCUT2D eigenvalue weighted by Gasteiger charge is -2.44. The fraction of sp³-hybridized carbons (Fsp3) is 0.562. The van der Waals surface area contributed by atoms with Crippen LogP contribution in [0.3, 0.4) is 0 Å². The van der Waals surface area contributed by atoms with Crippen LogP contribution in [0.2, 0.25) is 0 Å². The molecule has 2 saturated heterocycles. The maximum Gasteiger partial charge on any atom is 0.416 e. The van der Waals surface area contributed by atoms with Crippen LogP contribution in [0.15, 0.2) is 24.3 Å². The molecule has 3 nitrogen and oxygen atoms in total. The molecule has 1 aromatic rings. The molecule has 2 aliphatic rings. The predicted octanol–water partition coefficient (Wildman–Crippen LogP) is 3.20. The molecule has 1 aromatic carbocycles. The first-order valence-corrected chi connectivity index (χ1v) is 7.62. The summed E-state index contributed by atoms with van der Waals surface area (Å²) in [4.78, 5) is 14.5. The number of alkyl halides is 3. The van der Waals surface area contributed by atoms with Crippen LogP contribution in [0.4, 0.5) is 18.9 Å². The van der Waals surface area contributed by atoms with Gasteiger partial charge in [-0.05, 0) is 63.0 Å². The summed E-state index contributed by atoms with van der Waals surface area (Å²) in [5.41, 5.74) is -0.445. The number of hydrogen-bond acceptors (Lipinski definition) is 2. The van der Waals surface area contributed by atoms with E-state index in [9.17, 15) is 18.0 Å². The summed E-state index contributed by atoms with van der Waals surface area (Å²) in [5, 5.41) is 3.26. The number of carbonyl (C=O) groups is 1. The van der Waals surface area contributed by atoms with Crippen LogP contribution < -0.4 is 10.2 Å². The minimum Gasteiger partial charge on any atom is -0.317 e. The lowest BCUT2D eigenvalue weighted by molar-refractivity contribution is -0.137. The molecule has 120 valence electrons. The number of nitrogens with one attached hydrogen (secondary N) is 1. The van der Waals surface area contributed by atoms with Gasteiger partial charge in [-0.3, -0.25) is 4.79 Å². The van der Waals surface area contributed by atoms with Gasteiger partial charge < -0.3 is 10.2 Å². The number of anilines is 1. The Morgan fingerprint density at radius 2 is 1.68 bits per heavy atom. The van der Waals surface area contributed by atoms with Crippen molar-refractivity contribution in [2.75, 3.05) is 24.5 Å². The molecule has 1 N–H and O–H groups in total. The highest BCUT2D eigenvalue weighted by Crippen LogP contribution is 2.41. The van der Waals surface area contributed by atoms with Gasteiger partial charge in [0.05, 0.1) is 11.0 Å². The largest absolute Gasteiger partial charge is 0.416 e. The normalized spacial score (nSPS) is 22.1. The molecule has 0 aliphatic carbocycles. The second kappa shape index (κ2) is 5.57. The highest BCUT2D eigenvalue weighted by atomic mass is 19.4. The molecule has 0 saturated carbocycles. The average Bonchev–Trinajstić information content (AvgIpc) is 2.51. The zero-order chi connectivity index (χ0) is 15.8. The van der Waals surface area contributed by atoms with Crippen LogP contribution in [0.5, 0.6) is 0 Å². The SMILES string of the molecule is O=C1N(c2ccc(C(F)(F)F)cc2)CCCC12CCNCC2. The Hall–Kier alpha value is -1.56. The summed E-state index contributed by atoms with van der Waals surface area (Å²) in [6.45, 7) is 2.23. The Bertz CT molecular complexity index is 542. The van der Waals surface area contributed by atoms with E-state index in [0.29, 0.717) is 12.2 Å². The van der Waals surface area contributed by atoms with Gasteiger partial charge in [-0.25, -0.2) is 0 Å². The summed E-state index contributed by atoms with van der Waals surface area (Å²) < 4.78 is 37.9. The van der Waals surface area contributed by atoms with Gasteiger partial charge in [-0.1, -0.05) is 0 Å². The van der Waals surface area contributed by atoms with E-state index in [0.717, 1.165) is 50.9 Å². The molecule has 2 fully saturated rings. The van der Waals surface area contributed by atoms with Crippen molar-refractivity contribution in [3.8, 4) is 0 Å². The van der Waals surface area contributed by atoms with E-state index in [1.54, 1.807) is 4.90 Å². The van der Waals surface area contributed by atoms with Crippen molar-refractivity contribution in [3.05, 3.63) is 29.8 Å². The highest BCUT2D eigenvalue weighted by molar-refractivity contribution is 5.98. The monoisotopic (exact) mass is 312 g/mol. The van der Waals surface area contributed by atoms with Gasteiger partial charge in [0.15, 0.2) is 0 Å². The number of nitrogens with zero attached hydrogens (tertiary/aromatic N) is 1. The number of benzene rings is 1. The van der Waals surface area contributed by atoms with Crippen LogP contribution in [-0.4, -0.2) is 25.5 Å². The fourth-order valence-electron chi connectivity index (χ4n) is 3.52. The zero-order valence-electron chi connectivity index (χ0n) is 12.2. The van der Waals surface area contributed by atoms with E-state index < -0.39 is 11.7 Å². The molecule has 2 heterocycles. The molecule has 0 atom stereocenters. The van der Waals surface area contributed by atoms with E-state index in [1.165, 1.54) is 12.1 Å². The van der Waals surface area contributed by atoms with Crippen molar-refractivity contribution in [1.29, 1.82) is 0 Å². The van der Waals surface area contributed by atoms with Gasteiger partial charge >= 0.3 is 6.18 Å². The van der Waals surface area contributed by atoms with E-state index in [2.05, 4.69) is 5.32 Å². The topological polar surface area (TPSA) is 32.3 Å². The number of hydrogen-bond donors (Lipinski definition) is 1. The first kappa shape index (κ1) is 15.3. The Labute approximate surface area is 127 Å². The van der Waals surface area contributed by atoms with Crippen LogP contribution in [-0.2, 0) is 11.0 Å². The predicted molar refractivity (Wildman–Crippen MR) is 77.6 cm³/mol. The second-order valence-electron chi connectivity index (χ2n) is 6.14. The first-order chi connectivity index (χ1) is 10.4. The lowest BCUT2D eigenvalue weighted by Crippen LogP contribution is -2.53. The molecule has 0 aromatic heterocycles. The Balaban J connectivity index is 1.83. The lowest BCUT2D eigenvalue weighted by atomic mass is 9.72. The molecule has 22 heavy (non-hydrogen) atoms. The van der Waals surface area contributed by atoms with E-state index in [-0.39, 0.29) is 11.3 Å². The summed E-state index contributed by atoms with van der Waals surface area (Å²) in [7, 11) is 0. The molecular weight excluding hydrogens is 293 g/mol. The van der Waals surface area contributed by atoms with Crippen molar-refractivity contribution in [2.24, 2.45) is 5.41 Å². The van der Waals surface area contributed by atoms with Crippen LogP contribution in [0.1, 0.15) is 31.2 Å². The summed E-state index contributed by atoms with van der Waals surface area (Å²) in [6.07, 6.45) is -0.954. The third-order valence-corrected chi connectivity index (χ3v) is 4.80. The van der Waals surface area contributed by atoms with Gasteiger partial charge in [0.2, 0.25) is 5.91 Å². The third-order valence-electron chi connectivity index (χ3n) is 4.80. The van der Waals surface area contributed by atoms with Gasteiger partial charge in [0.25, 0.3) is 0 Å². The Morgan fingerprint density at radius 3 is 2.27 bits per heavy atom. The minimum absolute atomic E-state index is 0.0695. The number of piperidine rings is 2. The van der Waals surface area contributed by atoms with Crippen LogP contribution in [0, 0.1) is 5.41 Å². The van der Waals surface area contributed by atoms with Gasteiger partial charge in [-0.2, -0.15) is 13.2 Å². The fourth-order valence-corrected chi connectivity index (χ4v) is 3.52. The van der Waals surface area contributed by atoms with Gasteiger partial charge in [0, 0.05) is 12.2 Å². The molecule has 6 heteroatoms. The quantitative estimate of drug-likeness (QED) is 0.863. The van der Waals surface area contributed by atoms with Crippen molar-refractivity contribution < 1.29 is 18.0 Å². The number of rotatable bonds is 1. The average molecular weight is 312 g/mol. The molecule has 1 spiro atoms. The van der Waals surface area contributed by atoms with E-state index in [4.69, 9.17) is 0 Å². The highest BCUT2D eigenvalue weighted by Gasteiger charge is 2.44. The molecule has 1 amide bonds. The molecule has 0 radical (unpaired) electrons. The molecule has 3 rings (SSSR count). The third kappa shape index (κ3) is 2.72. The number of halogens is 3. The first-order valence-electron chi connectivity index (χ1n) is 7.62. The van der Waals surface area contributed by atoms with Crippen LogP contribution >= 0.6 is 0 Å². The van der Waals surface area contributed by atoms with Crippen molar-refractivity contribution >= 4 is 11.6 Å². The van der Waals surface area contributed by atoms with Gasteiger partial charge in [0.1, 0.15) is 0 Å². The molecule has 0 bridgehead atoms. The summed E-state index contributed by atoms with van der Waals surface area (Å²) >= 11 is 0. The van der Waals surface area contributed by atoms with Gasteiger partial charge in [-0.15, -0.1) is 0 Å². The van der Waals surface area contributed by atoms with Crippen LogP contribution in [0.25, 0.3) is 0 Å². The second-order valence-corrected chi connectivity index (χ2v) is 6.14. The van der Waals surface area contributed by atoms with Crippen molar-refractivity contribution in [2.45, 2.75) is 31.9 Å². The molecular formula is C16H19F3N2O.